The van der Waals surface area contributed by atoms with Crippen LogP contribution in [-0.4, -0.2) is 0 Å². The van der Waals surface area contributed by atoms with Crippen molar-refractivity contribution in [3.05, 3.63) is 58.4 Å². The first-order valence-electron chi connectivity index (χ1n) is 5.07. The van der Waals surface area contributed by atoms with Crippen molar-refractivity contribution in [2.45, 2.75) is 0 Å². The van der Waals surface area contributed by atoms with Crippen molar-refractivity contribution in [1.82, 2.24) is 0 Å². The van der Waals surface area contributed by atoms with Crippen LogP contribution in [0.4, 0.5) is 0 Å². The molecular formula is C14H9BrS. The lowest BCUT2D eigenvalue weighted by Gasteiger charge is -1.99. The summed E-state index contributed by atoms with van der Waals surface area (Å²) in [6, 6.07) is 17.0. The van der Waals surface area contributed by atoms with Crippen LogP contribution in [0.15, 0.2) is 58.4 Å². The highest BCUT2D eigenvalue weighted by Crippen LogP contribution is 2.35. The van der Waals surface area contributed by atoms with Crippen LogP contribution in [0.1, 0.15) is 0 Å². The van der Waals surface area contributed by atoms with E-state index in [4.69, 9.17) is 0 Å². The maximum atomic E-state index is 3.53. The molecule has 0 nitrogen and oxygen atoms in total. The molecule has 0 amide bonds. The van der Waals surface area contributed by atoms with Crippen LogP contribution in [0, 0.1) is 0 Å². The Morgan fingerprint density at radius 3 is 2.56 bits per heavy atom. The average molecular weight is 289 g/mol. The van der Waals surface area contributed by atoms with E-state index in [2.05, 4.69) is 63.8 Å². The molecule has 0 radical (unpaired) electrons. The fraction of sp³-hybridized carbons (Fsp3) is 0. The topological polar surface area (TPSA) is 0 Å². The highest BCUT2D eigenvalue weighted by molar-refractivity contribution is 9.10. The second-order valence-corrected chi connectivity index (χ2v) is 5.48. The van der Waals surface area contributed by atoms with E-state index in [0.29, 0.717) is 0 Å². The molecule has 0 aliphatic carbocycles. The standard InChI is InChI=1S/C14H9BrS/c15-11-6-7-14-12(8-11)13(9-16-14)10-4-2-1-3-5-10/h1-9H. The Morgan fingerprint density at radius 2 is 1.75 bits per heavy atom. The van der Waals surface area contributed by atoms with Crippen molar-refractivity contribution in [2.24, 2.45) is 0 Å². The van der Waals surface area contributed by atoms with Crippen LogP contribution >= 0.6 is 27.3 Å². The molecule has 0 atom stereocenters. The third-order valence-electron chi connectivity index (χ3n) is 2.62. The molecule has 3 rings (SSSR count). The first-order chi connectivity index (χ1) is 7.84. The molecule has 0 aliphatic heterocycles. The second-order valence-electron chi connectivity index (χ2n) is 3.66. The molecule has 78 valence electrons. The Hall–Kier alpha value is -1.12. The van der Waals surface area contributed by atoms with Crippen molar-refractivity contribution < 1.29 is 0 Å². The van der Waals surface area contributed by atoms with Gasteiger partial charge in [-0.2, -0.15) is 0 Å². The summed E-state index contributed by atoms with van der Waals surface area (Å²) in [4.78, 5) is 0. The van der Waals surface area contributed by atoms with Crippen LogP contribution in [0.3, 0.4) is 0 Å². The van der Waals surface area contributed by atoms with Gasteiger partial charge in [0.15, 0.2) is 0 Å². The molecule has 0 N–H and O–H groups in total. The van der Waals surface area contributed by atoms with Gasteiger partial charge in [0.05, 0.1) is 0 Å². The molecule has 2 heteroatoms. The third-order valence-corrected chi connectivity index (χ3v) is 4.08. The van der Waals surface area contributed by atoms with Crippen LogP contribution in [0.5, 0.6) is 0 Å². The Kier molecular flexibility index (Phi) is 2.54. The van der Waals surface area contributed by atoms with Crippen molar-refractivity contribution in [3.8, 4) is 11.1 Å². The predicted molar refractivity (Wildman–Crippen MR) is 75.0 cm³/mol. The molecule has 1 heterocycles. The van der Waals surface area contributed by atoms with Crippen LogP contribution in [0.25, 0.3) is 21.2 Å². The molecule has 0 unspecified atom stereocenters. The van der Waals surface area contributed by atoms with Gasteiger partial charge in [-0.3, -0.25) is 0 Å². The average Bonchev–Trinajstić information content (AvgIpc) is 2.73. The van der Waals surface area contributed by atoms with Gasteiger partial charge in [0.25, 0.3) is 0 Å². The van der Waals surface area contributed by atoms with Gasteiger partial charge < -0.3 is 0 Å². The lowest BCUT2D eigenvalue weighted by Crippen LogP contribution is -1.74. The highest BCUT2D eigenvalue weighted by atomic mass is 79.9. The first kappa shape index (κ1) is 10.1. The summed E-state index contributed by atoms with van der Waals surface area (Å²) in [5.41, 5.74) is 2.61. The van der Waals surface area contributed by atoms with Crippen molar-refractivity contribution in [1.29, 1.82) is 0 Å². The SMILES string of the molecule is Brc1ccc2scc(-c3ccccc3)c2c1. The first-order valence-corrected chi connectivity index (χ1v) is 6.74. The van der Waals surface area contributed by atoms with Gasteiger partial charge in [0, 0.05) is 20.1 Å². The number of hydrogen-bond acceptors (Lipinski definition) is 1. The number of hydrogen-bond donors (Lipinski definition) is 0. The van der Waals surface area contributed by atoms with E-state index in [0.717, 1.165) is 4.47 Å². The minimum Gasteiger partial charge on any atom is -0.143 e. The highest BCUT2D eigenvalue weighted by Gasteiger charge is 2.05. The molecule has 16 heavy (non-hydrogen) atoms. The summed E-state index contributed by atoms with van der Waals surface area (Å²) in [7, 11) is 0. The van der Waals surface area contributed by atoms with Gasteiger partial charge in [-0.25, -0.2) is 0 Å². The number of benzene rings is 2. The van der Waals surface area contributed by atoms with E-state index in [1.54, 1.807) is 11.3 Å². The molecule has 0 spiro atoms. The number of fused-ring (bicyclic) bond motifs is 1. The molecule has 0 saturated heterocycles. The zero-order chi connectivity index (χ0) is 11.0. The predicted octanol–water partition coefficient (Wildman–Crippen LogP) is 5.33. The molecule has 0 saturated carbocycles. The summed E-state index contributed by atoms with van der Waals surface area (Å²) >= 11 is 5.33. The van der Waals surface area contributed by atoms with Gasteiger partial charge in [0.2, 0.25) is 0 Å². The van der Waals surface area contributed by atoms with Gasteiger partial charge >= 0.3 is 0 Å². The van der Waals surface area contributed by atoms with Crippen LogP contribution in [-0.2, 0) is 0 Å². The lowest BCUT2D eigenvalue weighted by atomic mass is 10.1. The van der Waals surface area contributed by atoms with Gasteiger partial charge in [0.1, 0.15) is 0 Å². The Morgan fingerprint density at radius 1 is 0.938 bits per heavy atom. The van der Waals surface area contributed by atoms with Gasteiger partial charge in [-0.1, -0.05) is 46.3 Å². The molecular weight excluding hydrogens is 280 g/mol. The van der Waals surface area contributed by atoms with Gasteiger partial charge in [-0.15, -0.1) is 11.3 Å². The summed E-state index contributed by atoms with van der Waals surface area (Å²) < 4.78 is 2.47. The molecule has 0 bridgehead atoms. The van der Waals surface area contributed by atoms with E-state index in [9.17, 15) is 0 Å². The zero-order valence-electron chi connectivity index (χ0n) is 8.48. The van der Waals surface area contributed by atoms with Crippen LogP contribution < -0.4 is 0 Å². The summed E-state index contributed by atoms with van der Waals surface area (Å²) in [6.45, 7) is 0. The normalized spacial score (nSPS) is 10.8. The maximum Gasteiger partial charge on any atom is 0.0349 e. The molecule has 1 aromatic heterocycles. The summed E-state index contributed by atoms with van der Waals surface area (Å²) in [6.07, 6.45) is 0. The molecule has 0 fully saturated rings. The smallest absolute Gasteiger partial charge is 0.0349 e. The number of rotatable bonds is 1. The van der Waals surface area contributed by atoms with E-state index < -0.39 is 0 Å². The Labute approximate surface area is 107 Å². The Balaban J connectivity index is 2.29. The summed E-state index contributed by atoms with van der Waals surface area (Å²) in [5, 5.41) is 3.55. The number of halogens is 1. The van der Waals surface area contributed by atoms with Crippen molar-refractivity contribution in [2.75, 3.05) is 0 Å². The fourth-order valence-corrected chi connectivity index (χ4v) is 3.15. The Bertz CT molecular complexity index is 626. The van der Waals surface area contributed by atoms with E-state index >= 15 is 0 Å². The lowest BCUT2D eigenvalue weighted by molar-refractivity contribution is 1.68. The minimum atomic E-state index is 1.13. The van der Waals surface area contributed by atoms with Gasteiger partial charge in [-0.05, 0) is 29.1 Å². The van der Waals surface area contributed by atoms with Crippen LogP contribution in [0.2, 0.25) is 0 Å². The van der Waals surface area contributed by atoms with E-state index in [-0.39, 0.29) is 0 Å². The van der Waals surface area contributed by atoms with Crippen molar-refractivity contribution in [3.63, 3.8) is 0 Å². The molecule has 3 aromatic rings. The monoisotopic (exact) mass is 288 g/mol. The van der Waals surface area contributed by atoms with Crippen molar-refractivity contribution >= 4 is 37.4 Å². The maximum absolute atomic E-state index is 3.53. The zero-order valence-corrected chi connectivity index (χ0v) is 10.9. The number of thiophene rings is 1. The largest absolute Gasteiger partial charge is 0.143 e. The minimum absolute atomic E-state index is 1.13. The van der Waals surface area contributed by atoms with E-state index in [1.165, 1.54) is 21.2 Å². The molecule has 0 aliphatic rings. The molecule has 2 aromatic carbocycles. The summed E-state index contributed by atoms with van der Waals surface area (Å²) in [5.74, 6) is 0. The van der Waals surface area contributed by atoms with E-state index in [1.807, 2.05) is 6.07 Å². The third kappa shape index (κ3) is 1.68. The quantitative estimate of drug-likeness (QED) is 0.568. The second kappa shape index (κ2) is 4.04. The fourth-order valence-electron chi connectivity index (χ4n) is 1.84.